The number of aliphatic hydroxyl groups excluding tert-OH is 1. The van der Waals surface area contributed by atoms with Crippen LogP contribution >= 0.6 is 11.6 Å². The van der Waals surface area contributed by atoms with Crippen molar-refractivity contribution in [3.05, 3.63) is 69.0 Å². The zero-order valence-electron chi connectivity index (χ0n) is 11.2. The SMILES string of the molecule is Cc1cc(C)c(C(O)c2cc(Cl)ccc2C)c(F)c1. The number of aryl methyl sites for hydroxylation is 3. The molecule has 19 heavy (non-hydrogen) atoms. The molecule has 0 fully saturated rings. The summed E-state index contributed by atoms with van der Waals surface area (Å²) in [5.74, 6) is -0.385. The molecule has 0 saturated carbocycles. The molecular weight excluding hydrogens is 263 g/mol. The molecule has 2 aromatic carbocycles. The van der Waals surface area contributed by atoms with Crippen LogP contribution in [0.2, 0.25) is 5.02 Å². The Balaban J connectivity index is 2.56. The third-order valence-corrected chi connectivity index (χ3v) is 3.53. The Bertz CT molecular complexity index is 599. The van der Waals surface area contributed by atoms with Gasteiger partial charge in [0.1, 0.15) is 11.9 Å². The van der Waals surface area contributed by atoms with Gasteiger partial charge < -0.3 is 5.11 Å². The zero-order chi connectivity index (χ0) is 14.2. The van der Waals surface area contributed by atoms with Gasteiger partial charge in [0.15, 0.2) is 0 Å². The van der Waals surface area contributed by atoms with Gasteiger partial charge in [-0.05, 0) is 61.2 Å². The maximum atomic E-state index is 14.1. The van der Waals surface area contributed by atoms with Crippen molar-refractivity contribution in [2.75, 3.05) is 0 Å². The third kappa shape index (κ3) is 2.80. The van der Waals surface area contributed by atoms with Crippen LogP contribution in [0.5, 0.6) is 0 Å². The van der Waals surface area contributed by atoms with E-state index >= 15 is 0 Å². The van der Waals surface area contributed by atoms with Gasteiger partial charge in [-0.2, -0.15) is 0 Å². The minimum atomic E-state index is -1.00. The molecule has 0 aromatic heterocycles. The molecule has 2 rings (SSSR count). The summed E-state index contributed by atoms with van der Waals surface area (Å²) in [7, 11) is 0. The van der Waals surface area contributed by atoms with E-state index in [9.17, 15) is 9.50 Å². The number of benzene rings is 2. The predicted molar refractivity (Wildman–Crippen MR) is 76.1 cm³/mol. The molecule has 0 saturated heterocycles. The van der Waals surface area contributed by atoms with Crippen LogP contribution in [0, 0.1) is 26.6 Å². The van der Waals surface area contributed by atoms with Crippen LogP contribution in [-0.2, 0) is 0 Å². The van der Waals surface area contributed by atoms with Crippen LogP contribution in [0.4, 0.5) is 4.39 Å². The van der Waals surface area contributed by atoms with Gasteiger partial charge >= 0.3 is 0 Å². The Hall–Kier alpha value is -1.38. The molecule has 1 atom stereocenters. The summed E-state index contributed by atoms with van der Waals surface area (Å²) >= 11 is 5.95. The van der Waals surface area contributed by atoms with E-state index in [-0.39, 0.29) is 5.82 Å². The minimum Gasteiger partial charge on any atom is -0.384 e. The number of rotatable bonds is 2. The van der Waals surface area contributed by atoms with Gasteiger partial charge in [-0.1, -0.05) is 23.7 Å². The second-order valence-electron chi connectivity index (χ2n) is 4.88. The molecular formula is C16H16ClFO. The van der Waals surface area contributed by atoms with Crippen LogP contribution < -0.4 is 0 Å². The maximum Gasteiger partial charge on any atom is 0.129 e. The number of aliphatic hydroxyl groups is 1. The lowest BCUT2D eigenvalue weighted by molar-refractivity contribution is 0.213. The van der Waals surface area contributed by atoms with Crippen LogP contribution in [0.3, 0.4) is 0 Å². The van der Waals surface area contributed by atoms with Crippen molar-refractivity contribution < 1.29 is 9.50 Å². The Morgan fingerprint density at radius 3 is 2.37 bits per heavy atom. The highest BCUT2D eigenvalue weighted by atomic mass is 35.5. The van der Waals surface area contributed by atoms with E-state index in [0.717, 1.165) is 16.7 Å². The molecule has 0 spiro atoms. The van der Waals surface area contributed by atoms with Gasteiger partial charge in [0, 0.05) is 10.6 Å². The topological polar surface area (TPSA) is 20.2 Å². The summed E-state index contributed by atoms with van der Waals surface area (Å²) in [6.45, 7) is 5.50. The summed E-state index contributed by atoms with van der Waals surface area (Å²) in [6, 6.07) is 8.56. The van der Waals surface area contributed by atoms with Gasteiger partial charge in [-0.3, -0.25) is 0 Å². The molecule has 1 unspecified atom stereocenters. The summed E-state index contributed by atoms with van der Waals surface area (Å²) < 4.78 is 14.1. The Morgan fingerprint density at radius 1 is 1.05 bits per heavy atom. The first-order chi connectivity index (χ1) is 8.90. The van der Waals surface area contributed by atoms with Gasteiger partial charge in [-0.15, -0.1) is 0 Å². The average Bonchev–Trinajstić information content (AvgIpc) is 2.30. The zero-order valence-corrected chi connectivity index (χ0v) is 11.9. The van der Waals surface area contributed by atoms with Crippen LogP contribution in [0.1, 0.15) is 33.9 Å². The fourth-order valence-electron chi connectivity index (χ4n) is 2.33. The highest BCUT2D eigenvalue weighted by molar-refractivity contribution is 6.30. The van der Waals surface area contributed by atoms with Crippen molar-refractivity contribution in [2.24, 2.45) is 0 Å². The summed E-state index contributed by atoms with van der Waals surface area (Å²) in [5.41, 5.74) is 3.42. The molecule has 2 aromatic rings. The van der Waals surface area contributed by atoms with Crippen molar-refractivity contribution in [2.45, 2.75) is 26.9 Å². The van der Waals surface area contributed by atoms with Gasteiger partial charge in [0.05, 0.1) is 0 Å². The predicted octanol–water partition coefficient (Wildman–Crippen LogP) is 4.49. The second kappa shape index (κ2) is 5.32. The second-order valence-corrected chi connectivity index (χ2v) is 5.32. The van der Waals surface area contributed by atoms with Crippen LogP contribution in [0.15, 0.2) is 30.3 Å². The molecule has 0 bridgehead atoms. The van der Waals surface area contributed by atoms with Crippen LogP contribution in [0.25, 0.3) is 0 Å². The standard InChI is InChI=1S/C16H16ClFO/c1-9-6-11(3)15(14(18)7-9)16(19)13-8-12(17)5-4-10(13)2/h4-8,16,19H,1-3H3. The van der Waals surface area contributed by atoms with Gasteiger partial charge in [0.25, 0.3) is 0 Å². The van der Waals surface area contributed by atoms with E-state index in [2.05, 4.69) is 0 Å². The molecule has 0 aliphatic carbocycles. The van der Waals surface area contributed by atoms with Crippen molar-refractivity contribution in [1.82, 2.24) is 0 Å². The lowest BCUT2D eigenvalue weighted by Crippen LogP contribution is -2.07. The molecule has 0 aliphatic rings. The van der Waals surface area contributed by atoms with Crippen molar-refractivity contribution in [3.63, 3.8) is 0 Å². The van der Waals surface area contributed by atoms with E-state index in [1.54, 1.807) is 19.1 Å². The van der Waals surface area contributed by atoms with Crippen molar-refractivity contribution in [1.29, 1.82) is 0 Å². The van der Waals surface area contributed by atoms with E-state index < -0.39 is 6.10 Å². The fourth-order valence-corrected chi connectivity index (χ4v) is 2.52. The third-order valence-electron chi connectivity index (χ3n) is 3.29. The van der Waals surface area contributed by atoms with Gasteiger partial charge in [-0.25, -0.2) is 4.39 Å². The monoisotopic (exact) mass is 278 g/mol. The summed E-state index contributed by atoms with van der Waals surface area (Å²) in [5, 5.41) is 11.0. The normalized spacial score (nSPS) is 12.5. The van der Waals surface area contributed by atoms with E-state index in [0.29, 0.717) is 16.1 Å². The first kappa shape index (κ1) is 14.0. The van der Waals surface area contributed by atoms with Crippen molar-refractivity contribution >= 4 is 11.6 Å². The number of hydrogen-bond donors (Lipinski definition) is 1. The van der Waals surface area contributed by atoms with Gasteiger partial charge in [0.2, 0.25) is 0 Å². The Kier molecular flexibility index (Phi) is 3.93. The molecule has 0 heterocycles. The lowest BCUT2D eigenvalue weighted by Gasteiger charge is -2.18. The molecule has 0 amide bonds. The van der Waals surface area contributed by atoms with E-state index in [1.807, 2.05) is 26.0 Å². The largest absolute Gasteiger partial charge is 0.384 e. The number of hydrogen-bond acceptors (Lipinski definition) is 1. The average molecular weight is 279 g/mol. The maximum absolute atomic E-state index is 14.1. The molecule has 0 aliphatic heterocycles. The molecule has 1 N–H and O–H groups in total. The lowest BCUT2D eigenvalue weighted by atomic mass is 9.93. The molecule has 3 heteroatoms. The fraction of sp³-hybridized carbons (Fsp3) is 0.250. The van der Waals surface area contributed by atoms with E-state index in [1.165, 1.54) is 6.07 Å². The first-order valence-electron chi connectivity index (χ1n) is 6.11. The number of halogens is 2. The highest BCUT2D eigenvalue weighted by Gasteiger charge is 2.19. The van der Waals surface area contributed by atoms with Crippen LogP contribution in [-0.4, -0.2) is 5.11 Å². The van der Waals surface area contributed by atoms with E-state index in [4.69, 9.17) is 11.6 Å². The minimum absolute atomic E-state index is 0.316. The molecule has 1 nitrogen and oxygen atoms in total. The smallest absolute Gasteiger partial charge is 0.129 e. The Labute approximate surface area is 117 Å². The van der Waals surface area contributed by atoms with Crippen molar-refractivity contribution in [3.8, 4) is 0 Å². The Morgan fingerprint density at radius 2 is 1.74 bits per heavy atom. The summed E-state index contributed by atoms with van der Waals surface area (Å²) in [4.78, 5) is 0. The highest BCUT2D eigenvalue weighted by Crippen LogP contribution is 2.31. The molecule has 0 radical (unpaired) electrons. The first-order valence-corrected chi connectivity index (χ1v) is 6.48. The quantitative estimate of drug-likeness (QED) is 0.858. The molecule has 100 valence electrons. The summed E-state index contributed by atoms with van der Waals surface area (Å²) in [6.07, 6.45) is -1.00.